The SMILES string of the molecule is CCCCCCCOCCCCC. The highest BCUT2D eigenvalue weighted by molar-refractivity contribution is 4.42. The fourth-order valence-corrected chi connectivity index (χ4v) is 1.36. The third-order valence-corrected chi connectivity index (χ3v) is 2.28. The lowest BCUT2D eigenvalue weighted by atomic mass is 10.2. The van der Waals surface area contributed by atoms with Crippen LogP contribution in [0.5, 0.6) is 0 Å². The van der Waals surface area contributed by atoms with E-state index in [9.17, 15) is 0 Å². The Balaban J connectivity index is 2.76. The molecule has 0 radical (unpaired) electrons. The van der Waals surface area contributed by atoms with Crippen LogP contribution in [0.15, 0.2) is 0 Å². The van der Waals surface area contributed by atoms with Gasteiger partial charge in [-0.3, -0.25) is 0 Å². The molecule has 0 aromatic heterocycles. The van der Waals surface area contributed by atoms with Gasteiger partial charge in [0.1, 0.15) is 0 Å². The highest BCUT2D eigenvalue weighted by atomic mass is 16.5. The van der Waals surface area contributed by atoms with Crippen LogP contribution in [0.25, 0.3) is 0 Å². The predicted octanol–water partition coefficient (Wildman–Crippen LogP) is 4.16. The molecule has 0 unspecified atom stereocenters. The first-order chi connectivity index (χ1) is 6.41. The van der Waals surface area contributed by atoms with Crippen molar-refractivity contribution in [3.05, 3.63) is 0 Å². The maximum Gasteiger partial charge on any atom is 0.0466 e. The summed E-state index contributed by atoms with van der Waals surface area (Å²) in [5, 5.41) is 0. The highest BCUT2D eigenvalue weighted by Gasteiger charge is 1.90. The van der Waals surface area contributed by atoms with Gasteiger partial charge in [0.05, 0.1) is 0 Å². The second kappa shape index (κ2) is 12.0. The van der Waals surface area contributed by atoms with Gasteiger partial charge in [-0.15, -0.1) is 0 Å². The van der Waals surface area contributed by atoms with E-state index in [4.69, 9.17) is 4.74 Å². The Morgan fingerprint density at radius 2 is 1.08 bits per heavy atom. The van der Waals surface area contributed by atoms with Gasteiger partial charge in [-0.1, -0.05) is 52.4 Å². The van der Waals surface area contributed by atoms with Crippen LogP contribution in [0.2, 0.25) is 0 Å². The molecule has 0 bridgehead atoms. The van der Waals surface area contributed by atoms with Crippen LogP contribution in [0, 0.1) is 0 Å². The van der Waals surface area contributed by atoms with Gasteiger partial charge in [0.25, 0.3) is 0 Å². The Labute approximate surface area is 83.9 Å². The van der Waals surface area contributed by atoms with E-state index in [1.165, 1.54) is 51.4 Å². The normalized spacial score (nSPS) is 10.6. The molecule has 1 heteroatoms. The molecule has 13 heavy (non-hydrogen) atoms. The largest absolute Gasteiger partial charge is 0.381 e. The average Bonchev–Trinajstić information content (AvgIpc) is 2.16. The van der Waals surface area contributed by atoms with Gasteiger partial charge in [0.15, 0.2) is 0 Å². The van der Waals surface area contributed by atoms with E-state index in [2.05, 4.69) is 13.8 Å². The van der Waals surface area contributed by atoms with Crippen LogP contribution in [0.1, 0.15) is 65.2 Å². The summed E-state index contributed by atoms with van der Waals surface area (Å²) in [6.07, 6.45) is 10.6. The van der Waals surface area contributed by atoms with E-state index in [-0.39, 0.29) is 0 Å². The molecule has 80 valence electrons. The Bertz CT molecular complexity index is 71.2. The predicted molar refractivity (Wildman–Crippen MR) is 59.1 cm³/mol. The van der Waals surface area contributed by atoms with E-state index in [0.717, 1.165) is 13.2 Å². The standard InChI is InChI=1S/C12H26O/c1-3-5-7-8-10-12-13-11-9-6-4-2/h3-12H2,1-2H3. The van der Waals surface area contributed by atoms with Gasteiger partial charge in [0.2, 0.25) is 0 Å². The van der Waals surface area contributed by atoms with E-state index < -0.39 is 0 Å². The van der Waals surface area contributed by atoms with E-state index in [1.54, 1.807) is 0 Å². The monoisotopic (exact) mass is 186 g/mol. The zero-order valence-corrected chi connectivity index (χ0v) is 9.48. The lowest BCUT2D eigenvalue weighted by molar-refractivity contribution is 0.126. The molecule has 1 nitrogen and oxygen atoms in total. The molecule has 0 rings (SSSR count). The van der Waals surface area contributed by atoms with Gasteiger partial charge in [-0.2, -0.15) is 0 Å². The fraction of sp³-hybridized carbons (Fsp3) is 1.00. The fourth-order valence-electron chi connectivity index (χ4n) is 1.36. The molecular weight excluding hydrogens is 160 g/mol. The molecule has 0 aliphatic heterocycles. The van der Waals surface area contributed by atoms with Crippen LogP contribution < -0.4 is 0 Å². The molecule has 0 aliphatic carbocycles. The first kappa shape index (κ1) is 13.0. The zero-order valence-electron chi connectivity index (χ0n) is 9.48. The van der Waals surface area contributed by atoms with Crippen LogP contribution in [-0.4, -0.2) is 13.2 Å². The van der Waals surface area contributed by atoms with Crippen molar-refractivity contribution in [2.45, 2.75) is 65.2 Å². The Morgan fingerprint density at radius 3 is 1.69 bits per heavy atom. The van der Waals surface area contributed by atoms with Crippen molar-refractivity contribution in [1.29, 1.82) is 0 Å². The summed E-state index contributed by atoms with van der Waals surface area (Å²) < 4.78 is 5.52. The van der Waals surface area contributed by atoms with Crippen molar-refractivity contribution in [3.8, 4) is 0 Å². The van der Waals surface area contributed by atoms with Crippen LogP contribution in [-0.2, 0) is 4.74 Å². The summed E-state index contributed by atoms with van der Waals surface area (Å²) in [5.41, 5.74) is 0. The van der Waals surface area contributed by atoms with Crippen molar-refractivity contribution in [3.63, 3.8) is 0 Å². The van der Waals surface area contributed by atoms with Crippen molar-refractivity contribution in [2.24, 2.45) is 0 Å². The molecule has 0 saturated carbocycles. The Hall–Kier alpha value is -0.0400. The molecule has 0 N–H and O–H groups in total. The van der Waals surface area contributed by atoms with Crippen molar-refractivity contribution in [1.82, 2.24) is 0 Å². The van der Waals surface area contributed by atoms with E-state index in [0.29, 0.717) is 0 Å². The molecule has 0 spiro atoms. The number of hydrogen-bond acceptors (Lipinski definition) is 1. The second-order valence-corrected chi connectivity index (χ2v) is 3.73. The van der Waals surface area contributed by atoms with E-state index in [1.807, 2.05) is 0 Å². The molecule has 0 aromatic rings. The van der Waals surface area contributed by atoms with Crippen molar-refractivity contribution in [2.75, 3.05) is 13.2 Å². The summed E-state index contributed by atoms with van der Waals surface area (Å²) in [5.74, 6) is 0. The minimum Gasteiger partial charge on any atom is -0.381 e. The van der Waals surface area contributed by atoms with Crippen LogP contribution in [0.3, 0.4) is 0 Å². The van der Waals surface area contributed by atoms with Gasteiger partial charge in [0, 0.05) is 13.2 Å². The Kier molecular flexibility index (Phi) is 11.9. The van der Waals surface area contributed by atoms with Crippen molar-refractivity contribution >= 4 is 0 Å². The Morgan fingerprint density at radius 1 is 0.615 bits per heavy atom. The molecule has 0 amide bonds. The molecule has 0 saturated heterocycles. The maximum absolute atomic E-state index is 5.52. The van der Waals surface area contributed by atoms with Crippen LogP contribution >= 0.6 is 0 Å². The zero-order chi connectivity index (χ0) is 9.78. The smallest absolute Gasteiger partial charge is 0.0466 e. The molecule has 0 aliphatic rings. The molecule has 0 heterocycles. The van der Waals surface area contributed by atoms with Crippen molar-refractivity contribution < 1.29 is 4.74 Å². The summed E-state index contributed by atoms with van der Waals surface area (Å²) in [6, 6.07) is 0. The summed E-state index contributed by atoms with van der Waals surface area (Å²) in [4.78, 5) is 0. The highest BCUT2D eigenvalue weighted by Crippen LogP contribution is 2.02. The number of hydrogen-bond donors (Lipinski definition) is 0. The summed E-state index contributed by atoms with van der Waals surface area (Å²) >= 11 is 0. The topological polar surface area (TPSA) is 9.23 Å². The first-order valence-corrected chi connectivity index (χ1v) is 5.99. The minimum absolute atomic E-state index is 0.974. The summed E-state index contributed by atoms with van der Waals surface area (Å²) in [6.45, 7) is 6.43. The third kappa shape index (κ3) is 12.0. The summed E-state index contributed by atoms with van der Waals surface area (Å²) in [7, 11) is 0. The van der Waals surface area contributed by atoms with E-state index >= 15 is 0 Å². The third-order valence-electron chi connectivity index (χ3n) is 2.28. The lowest BCUT2D eigenvalue weighted by Gasteiger charge is -2.03. The molecule has 0 aromatic carbocycles. The maximum atomic E-state index is 5.52. The van der Waals surface area contributed by atoms with Gasteiger partial charge >= 0.3 is 0 Å². The number of rotatable bonds is 10. The molecule has 0 fully saturated rings. The average molecular weight is 186 g/mol. The first-order valence-electron chi connectivity index (χ1n) is 5.99. The minimum atomic E-state index is 0.974. The van der Waals surface area contributed by atoms with Crippen LogP contribution in [0.4, 0.5) is 0 Å². The second-order valence-electron chi connectivity index (χ2n) is 3.73. The molecular formula is C12H26O. The molecule has 0 atom stereocenters. The number of unbranched alkanes of at least 4 members (excludes halogenated alkanes) is 6. The van der Waals surface area contributed by atoms with Gasteiger partial charge in [-0.25, -0.2) is 0 Å². The lowest BCUT2D eigenvalue weighted by Crippen LogP contribution is -1.96. The van der Waals surface area contributed by atoms with Gasteiger partial charge < -0.3 is 4.74 Å². The quantitative estimate of drug-likeness (QED) is 0.465. The van der Waals surface area contributed by atoms with Gasteiger partial charge in [-0.05, 0) is 12.8 Å². The number of ether oxygens (including phenoxy) is 1.